The number of aromatic nitrogens is 6. The number of hydrogen-bond acceptors (Lipinski definition) is 10. The highest BCUT2D eigenvalue weighted by atomic mass is 35.5. The van der Waals surface area contributed by atoms with Crippen molar-refractivity contribution in [1.82, 2.24) is 34.4 Å². The van der Waals surface area contributed by atoms with Gasteiger partial charge in [0.1, 0.15) is 40.6 Å². The SMILES string of the molecule is COc1ccc(C(=O)N2C[C@@H]3CC[C@H]2C(=O)O3)cc1-n1c(CSc2ncnc3nc[nH]c23)nc2cccc(Cl)c2c1=O. The Morgan fingerprint density at radius 3 is 2.88 bits per heavy atom. The lowest BCUT2D eigenvalue weighted by molar-refractivity contribution is -0.172. The molecule has 0 unspecified atom stereocenters. The van der Waals surface area contributed by atoms with Crippen LogP contribution < -0.4 is 10.3 Å². The second-order valence-corrected chi connectivity index (χ2v) is 11.2. The minimum absolute atomic E-state index is 0.228. The zero-order valence-corrected chi connectivity index (χ0v) is 23.7. The van der Waals surface area contributed by atoms with Crippen LogP contribution in [0.2, 0.25) is 5.02 Å². The molecule has 1 N–H and O–H groups in total. The van der Waals surface area contributed by atoms with Crippen molar-refractivity contribution in [2.45, 2.75) is 35.8 Å². The molecule has 1 amide bonds. The minimum Gasteiger partial charge on any atom is -0.495 e. The van der Waals surface area contributed by atoms with E-state index in [4.69, 9.17) is 26.1 Å². The third-order valence-electron chi connectivity index (χ3n) is 7.46. The summed E-state index contributed by atoms with van der Waals surface area (Å²) in [6.45, 7) is 0.326. The number of nitrogens with zero attached hydrogens (tertiary/aromatic N) is 6. The second-order valence-electron chi connectivity index (χ2n) is 9.87. The Morgan fingerprint density at radius 2 is 2.07 bits per heavy atom. The van der Waals surface area contributed by atoms with Gasteiger partial charge in [-0.25, -0.2) is 24.7 Å². The molecule has 3 aliphatic heterocycles. The highest BCUT2D eigenvalue weighted by molar-refractivity contribution is 7.98. The van der Waals surface area contributed by atoms with E-state index in [9.17, 15) is 14.4 Å². The molecular weight excluding hydrogens is 582 g/mol. The van der Waals surface area contributed by atoms with E-state index >= 15 is 0 Å². The van der Waals surface area contributed by atoms with Crippen LogP contribution in [0.1, 0.15) is 29.0 Å². The van der Waals surface area contributed by atoms with Crippen molar-refractivity contribution in [2.24, 2.45) is 0 Å². The molecule has 12 nitrogen and oxygen atoms in total. The van der Waals surface area contributed by atoms with E-state index < -0.39 is 11.6 Å². The average molecular weight is 604 g/mol. The van der Waals surface area contributed by atoms with Crippen LogP contribution in [0.25, 0.3) is 27.8 Å². The molecule has 0 spiro atoms. The number of ether oxygens (including phenoxy) is 2. The first-order valence-electron chi connectivity index (χ1n) is 13.1. The van der Waals surface area contributed by atoms with Gasteiger partial charge >= 0.3 is 5.97 Å². The molecule has 3 aliphatic rings. The van der Waals surface area contributed by atoms with Crippen molar-refractivity contribution in [1.29, 1.82) is 0 Å². The van der Waals surface area contributed by atoms with E-state index in [1.54, 1.807) is 41.3 Å². The predicted molar refractivity (Wildman–Crippen MR) is 154 cm³/mol. The first kappa shape index (κ1) is 26.4. The van der Waals surface area contributed by atoms with Crippen molar-refractivity contribution in [3.8, 4) is 11.4 Å². The molecule has 3 fully saturated rings. The number of carbonyl (C=O) groups excluding carboxylic acids is 2. The number of imidazole rings is 1. The number of halogens is 1. The first-order valence-corrected chi connectivity index (χ1v) is 14.5. The molecule has 0 aliphatic carbocycles. The fourth-order valence-corrected chi connectivity index (χ4v) is 6.60. The summed E-state index contributed by atoms with van der Waals surface area (Å²) >= 11 is 7.83. The van der Waals surface area contributed by atoms with Gasteiger partial charge in [0.15, 0.2) is 5.65 Å². The van der Waals surface area contributed by atoms with Crippen molar-refractivity contribution in [3.05, 3.63) is 75.8 Å². The Labute approximate surface area is 247 Å². The summed E-state index contributed by atoms with van der Waals surface area (Å²) in [4.78, 5) is 62.3. The van der Waals surface area contributed by atoms with Gasteiger partial charge in [-0.1, -0.05) is 29.4 Å². The van der Waals surface area contributed by atoms with E-state index in [0.717, 1.165) is 6.42 Å². The Hall–Kier alpha value is -4.49. The summed E-state index contributed by atoms with van der Waals surface area (Å²) in [5, 5.41) is 1.12. The van der Waals surface area contributed by atoms with Crippen LogP contribution in [0.15, 0.2) is 58.9 Å². The van der Waals surface area contributed by atoms with Gasteiger partial charge in [-0.05, 0) is 43.2 Å². The van der Waals surface area contributed by atoms with Crippen molar-refractivity contribution in [3.63, 3.8) is 0 Å². The fraction of sp³-hybridized carbons (Fsp3) is 0.250. The number of fused-ring (bicyclic) bond motifs is 5. The van der Waals surface area contributed by atoms with Gasteiger partial charge in [-0.15, -0.1) is 0 Å². The molecule has 2 aromatic carbocycles. The third-order valence-corrected chi connectivity index (χ3v) is 8.76. The van der Waals surface area contributed by atoms with Gasteiger partial charge in [0, 0.05) is 5.56 Å². The average Bonchev–Trinajstić information content (AvgIpc) is 3.49. The number of carbonyl (C=O) groups is 2. The lowest BCUT2D eigenvalue weighted by atomic mass is 9.95. The number of H-pyrrole nitrogens is 1. The number of benzene rings is 2. The van der Waals surface area contributed by atoms with Gasteiger partial charge < -0.3 is 19.4 Å². The third kappa shape index (κ3) is 4.36. The molecular formula is C28H22ClN7O5S. The van der Waals surface area contributed by atoms with Gasteiger partial charge in [0.25, 0.3) is 11.5 Å². The quantitative estimate of drug-likeness (QED) is 0.174. The molecule has 0 radical (unpaired) electrons. The smallest absolute Gasteiger partial charge is 0.329 e. The largest absolute Gasteiger partial charge is 0.495 e. The molecule has 5 aromatic rings. The van der Waals surface area contributed by atoms with Crippen molar-refractivity contribution in [2.75, 3.05) is 13.7 Å². The summed E-state index contributed by atoms with van der Waals surface area (Å²) in [6.07, 6.45) is 3.93. The highest BCUT2D eigenvalue weighted by Crippen LogP contribution is 2.33. The molecule has 212 valence electrons. The van der Waals surface area contributed by atoms with Crippen LogP contribution >= 0.6 is 23.4 Å². The van der Waals surface area contributed by atoms with Crippen LogP contribution in [0.3, 0.4) is 0 Å². The summed E-state index contributed by atoms with van der Waals surface area (Å²) in [6, 6.07) is 9.29. The monoisotopic (exact) mass is 603 g/mol. The lowest BCUT2D eigenvalue weighted by Crippen LogP contribution is -2.59. The normalized spacial score (nSPS) is 18.0. The van der Waals surface area contributed by atoms with Crippen LogP contribution in [-0.2, 0) is 15.3 Å². The van der Waals surface area contributed by atoms with E-state index in [-0.39, 0.29) is 34.1 Å². The molecule has 42 heavy (non-hydrogen) atoms. The molecule has 0 saturated carbocycles. The number of nitrogens with one attached hydrogen (secondary N) is 1. The first-order chi connectivity index (χ1) is 20.4. The maximum absolute atomic E-state index is 14.1. The summed E-state index contributed by atoms with van der Waals surface area (Å²) in [5.41, 5.74) is 1.82. The topological polar surface area (TPSA) is 145 Å². The number of methoxy groups -OCH3 is 1. The van der Waals surface area contributed by atoms with Crippen LogP contribution in [0.5, 0.6) is 5.75 Å². The Kier molecular flexibility index (Phi) is 6.54. The van der Waals surface area contributed by atoms with Gasteiger partial charge in [-0.2, -0.15) is 0 Å². The highest BCUT2D eigenvalue weighted by Gasteiger charge is 2.44. The molecule has 8 rings (SSSR count). The Morgan fingerprint density at radius 1 is 1.19 bits per heavy atom. The Bertz CT molecular complexity index is 1960. The zero-order chi connectivity index (χ0) is 29.0. The fourth-order valence-electron chi connectivity index (χ4n) is 5.48. The van der Waals surface area contributed by atoms with Gasteiger partial charge in [0.05, 0.1) is 47.3 Å². The van der Waals surface area contributed by atoms with E-state index in [2.05, 4.69) is 19.9 Å². The number of piperidine rings is 1. The maximum atomic E-state index is 14.1. The number of esters is 1. The summed E-state index contributed by atoms with van der Waals surface area (Å²) in [5.74, 6) is 0.245. The number of amides is 1. The maximum Gasteiger partial charge on any atom is 0.329 e. The van der Waals surface area contributed by atoms with E-state index in [1.165, 1.54) is 36.1 Å². The zero-order valence-electron chi connectivity index (χ0n) is 22.1. The molecule has 3 saturated heterocycles. The molecule has 3 aromatic heterocycles. The van der Waals surface area contributed by atoms with Crippen molar-refractivity contribution >= 4 is 57.3 Å². The van der Waals surface area contributed by atoms with Crippen molar-refractivity contribution < 1.29 is 19.1 Å². The lowest BCUT2D eigenvalue weighted by Gasteiger charge is -2.43. The molecule has 14 heteroatoms. The van der Waals surface area contributed by atoms with Gasteiger partial charge in [-0.3, -0.25) is 14.2 Å². The summed E-state index contributed by atoms with van der Waals surface area (Å²) in [7, 11) is 1.48. The molecule has 2 atom stereocenters. The standard InChI is InChI=1S/C28H22ClN7O5S/c1-40-20-8-5-14(26(37)35-10-15-6-7-18(35)28(39)41-15)9-19(20)36-21(34-17-4-2-3-16(29)22(17)27(36)38)11-42-25-23-24(31-12-30-23)32-13-33-25/h2-5,8-9,12-13,15,18H,6-7,10-11H2,1H3,(H,30,31,32,33)/t15-,18-/m0/s1. The number of hydrogen-bond donors (Lipinski definition) is 1. The Balaban J connectivity index is 1.35. The van der Waals surface area contributed by atoms with Crippen LogP contribution in [0.4, 0.5) is 0 Å². The predicted octanol–water partition coefficient (Wildman–Crippen LogP) is 3.54. The molecule has 2 bridgehead atoms. The molecule has 6 heterocycles. The number of aromatic amines is 1. The van der Waals surface area contributed by atoms with E-state index in [1.807, 2.05) is 0 Å². The van der Waals surface area contributed by atoms with Crippen LogP contribution in [0, 0.1) is 0 Å². The number of thioether (sulfide) groups is 1. The second kappa shape index (κ2) is 10.4. The minimum atomic E-state index is -0.629. The number of rotatable bonds is 6. The van der Waals surface area contributed by atoms with E-state index in [0.29, 0.717) is 57.5 Å². The van der Waals surface area contributed by atoms with Crippen LogP contribution in [-0.4, -0.2) is 72.1 Å². The summed E-state index contributed by atoms with van der Waals surface area (Å²) < 4.78 is 12.4. The number of morpholine rings is 1. The van der Waals surface area contributed by atoms with Gasteiger partial charge in [0.2, 0.25) is 0 Å².